The van der Waals surface area contributed by atoms with Crippen LogP contribution in [0.2, 0.25) is 0 Å². The summed E-state index contributed by atoms with van der Waals surface area (Å²) in [6.07, 6.45) is 8.89. The van der Waals surface area contributed by atoms with E-state index in [1.807, 2.05) is 9.80 Å². The van der Waals surface area contributed by atoms with Gasteiger partial charge in [-0.3, -0.25) is 0 Å². The van der Waals surface area contributed by atoms with Crippen molar-refractivity contribution in [2.75, 3.05) is 26.2 Å². The highest BCUT2D eigenvalue weighted by Gasteiger charge is 2.29. The van der Waals surface area contributed by atoms with Gasteiger partial charge in [0.1, 0.15) is 0 Å². The fourth-order valence-electron chi connectivity index (χ4n) is 3.15. The zero-order chi connectivity index (χ0) is 12.8. The van der Waals surface area contributed by atoms with Crippen LogP contribution >= 0.6 is 0 Å². The molecule has 104 valence electrons. The van der Waals surface area contributed by atoms with E-state index in [-0.39, 0.29) is 18.7 Å². The van der Waals surface area contributed by atoms with E-state index in [0.29, 0.717) is 0 Å². The van der Waals surface area contributed by atoms with Crippen molar-refractivity contribution >= 4 is 6.03 Å². The number of likely N-dealkylation sites (tertiary alicyclic amines) is 2. The number of carbonyl (C=O) groups excluding carboxylic acids is 1. The largest absolute Gasteiger partial charge is 0.396 e. The van der Waals surface area contributed by atoms with Crippen molar-refractivity contribution in [3.8, 4) is 0 Å². The molecular formula is C14H26N2O2. The molecule has 1 N–H and O–H groups in total. The quantitative estimate of drug-likeness (QED) is 0.821. The van der Waals surface area contributed by atoms with Gasteiger partial charge >= 0.3 is 6.03 Å². The molecule has 2 fully saturated rings. The summed E-state index contributed by atoms with van der Waals surface area (Å²) in [5.74, 6) is 0. The molecule has 1 unspecified atom stereocenters. The lowest BCUT2D eigenvalue weighted by atomic mass is 10.00. The molecule has 2 saturated heterocycles. The van der Waals surface area contributed by atoms with Gasteiger partial charge in [0.25, 0.3) is 0 Å². The van der Waals surface area contributed by atoms with Crippen LogP contribution in [0.15, 0.2) is 0 Å². The second-order valence-electron chi connectivity index (χ2n) is 5.54. The van der Waals surface area contributed by atoms with E-state index < -0.39 is 0 Å². The number of amides is 2. The van der Waals surface area contributed by atoms with E-state index in [2.05, 4.69) is 0 Å². The first-order chi connectivity index (χ1) is 8.83. The Kier molecular flexibility index (Phi) is 5.29. The molecule has 2 amide bonds. The number of aliphatic hydroxyl groups is 1. The first kappa shape index (κ1) is 13.7. The highest BCUT2D eigenvalue weighted by Crippen LogP contribution is 2.22. The van der Waals surface area contributed by atoms with Crippen LogP contribution in [0.5, 0.6) is 0 Å². The lowest BCUT2D eigenvalue weighted by Crippen LogP contribution is -2.50. The highest BCUT2D eigenvalue weighted by atomic mass is 16.3. The number of piperidine rings is 1. The lowest BCUT2D eigenvalue weighted by molar-refractivity contribution is 0.103. The number of hydrogen-bond donors (Lipinski definition) is 1. The first-order valence-corrected chi connectivity index (χ1v) is 7.49. The van der Waals surface area contributed by atoms with Gasteiger partial charge in [0.15, 0.2) is 0 Å². The maximum atomic E-state index is 12.6. The predicted molar refractivity (Wildman–Crippen MR) is 71.5 cm³/mol. The van der Waals surface area contributed by atoms with E-state index in [9.17, 15) is 4.79 Å². The van der Waals surface area contributed by atoms with Crippen LogP contribution in [0.25, 0.3) is 0 Å². The molecule has 4 heteroatoms. The summed E-state index contributed by atoms with van der Waals surface area (Å²) in [6, 6.07) is 0.481. The second-order valence-corrected chi connectivity index (χ2v) is 5.54. The number of urea groups is 1. The molecule has 2 aliphatic rings. The second kappa shape index (κ2) is 6.98. The van der Waals surface area contributed by atoms with Crippen molar-refractivity contribution in [3.05, 3.63) is 0 Å². The van der Waals surface area contributed by atoms with Crippen molar-refractivity contribution in [2.45, 2.75) is 57.4 Å². The van der Waals surface area contributed by atoms with Crippen molar-refractivity contribution in [1.29, 1.82) is 0 Å². The minimum atomic E-state index is 0.189. The number of hydrogen-bond acceptors (Lipinski definition) is 2. The molecule has 0 aromatic rings. The predicted octanol–water partition coefficient (Wildman–Crippen LogP) is 2.22. The Morgan fingerprint density at radius 3 is 2.33 bits per heavy atom. The Bertz CT molecular complexity index is 261. The van der Waals surface area contributed by atoms with E-state index in [1.54, 1.807) is 0 Å². The van der Waals surface area contributed by atoms with Crippen LogP contribution in [0.3, 0.4) is 0 Å². The molecule has 18 heavy (non-hydrogen) atoms. The smallest absolute Gasteiger partial charge is 0.320 e. The van der Waals surface area contributed by atoms with Gasteiger partial charge in [0.2, 0.25) is 0 Å². The maximum absolute atomic E-state index is 12.6. The Balaban J connectivity index is 1.95. The minimum Gasteiger partial charge on any atom is -0.396 e. The zero-order valence-corrected chi connectivity index (χ0v) is 11.3. The molecule has 0 aliphatic carbocycles. The monoisotopic (exact) mass is 254 g/mol. The van der Waals surface area contributed by atoms with Crippen molar-refractivity contribution in [1.82, 2.24) is 9.80 Å². The molecule has 0 saturated carbocycles. The fraction of sp³-hybridized carbons (Fsp3) is 0.929. The van der Waals surface area contributed by atoms with E-state index in [1.165, 1.54) is 19.3 Å². The third-order valence-corrected chi connectivity index (χ3v) is 4.21. The third-order valence-electron chi connectivity index (χ3n) is 4.21. The van der Waals surface area contributed by atoms with Gasteiger partial charge in [0.05, 0.1) is 0 Å². The summed E-state index contributed by atoms with van der Waals surface area (Å²) in [7, 11) is 0. The van der Waals surface area contributed by atoms with Crippen LogP contribution in [0.1, 0.15) is 51.4 Å². The Morgan fingerprint density at radius 1 is 1.00 bits per heavy atom. The summed E-state index contributed by atoms with van der Waals surface area (Å²) in [5, 5.41) is 9.12. The van der Waals surface area contributed by atoms with Gasteiger partial charge in [0, 0.05) is 32.3 Å². The molecule has 0 radical (unpaired) electrons. The summed E-state index contributed by atoms with van der Waals surface area (Å²) in [5.41, 5.74) is 0. The molecule has 4 nitrogen and oxygen atoms in total. The van der Waals surface area contributed by atoms with Crippen LogP contribution in [-0.4, -0.2) is 53.2 Å². The molecule has 2 rings (SSSR count). The summed E-state index contributed by atoms with van der Waals surface area (Å²) >= 11 is 0. The summed E-state index contributed by atoms with van der Waals surface area (Å²) in [4.78, 5) is 16.6. The molecule has 2 heterocycles. The van der Waals surface area contributed by atoms with Gasteiger partial charge in [-0.15, -0.1) is 0 Å². The van der Waals surface area contributed by atoms with Gasteiger partial charge in [-0.1, -0.05) is 12.8 Å². The first-order valence-electron chi connectivity index (χ1n) is 7.49. The number of aliphatic hydroxyl groups excluding tert-OH is 1. The Hall–Kier alpha value is -0.770. The van der Waals surface area contributed by atoms with Gasteiger partial charge in [-0.05, 0) is 38.5 Å². The molecule has 2 aliphatic heterocycles. The Labute approximate surface area is 110 Å². The highest BCUT2D eigenvalue weighted by molar-refractivity contribution is 5.75. The topological polar surface area (TPSA) is 43.8 Å². The molecule has 0 aromatic heterocycles. The van der Waals surface area contributed by atoms with E-state index >= 15 is 0 Å². The van der Waals surface area contributed by atoms with Gasteiger partial charge in [-0.25, -0.2) is 4.79 Å². The molecule has 1 atom stereocenters. The van der Waals surface area contributed by atoms with Crippen molar-refractivity contribution in [3.63, 3.8) is 0 Å². The average Bonchev–Trinajstić information content (AvgIpc) is 2.68. The SMILES string of the molecule is O=C(N1CCCCCC1)N1CCCCC1CCO. The van der Waals surface area contributed by atoms with E-state index in [0.717, 1.165) is 51.7 Å². The minimum absolute atomic E-state index is 0.189. The van der Waals surface area contributed by atoms with Gasteiger partial charge in [-0.2, -0.15) is 0 Å². The lowest BCUT2D eigenvalue weighted by Gasteiger charge is -2.38. The third kappa shape index (κ3) is 3.37. The Morgan fingerprint density at radius 2 is 1.67 bits per heavy atom. The normalized spacial score (nSPS) is 25.9. The molecular weight excluding hydrogens is 228 g/mol. The summed E-state index contributed by atoms with van der Waals surface area (Å²) in [6.45, 7) is 2.90. The number of carbonyl (C=O) groups is 1. The summed E-state index contributed by atoms with van der Waals surface area (Å²) < 4.78 is 0. The number of nitrogens with zero attached hydrogens (tertiary/aromatic N) is 2. The maximum Gasteiger partial charge on any atom is 0.320 e. The molecule has 0 bridgehead atoms. The zero-order valence-electron chi connectivity index (χ0n) is 11.3. The van der Waals surface area contributed by atoms with Gasteiger partial charge < -0.3 is 14.9 Å². The molecule has 0 aromatic carbocycles. The number of rotatable bonds is 2. The fourth-order valence-corrected chi connectivity index (χ4v) is 3.15. The molecule has 0 spiro atoms. The van der Waals surface area contributed by atoms with Crippen LogP contribution in [-0.2, 0) is 0 Å². The van der Waals surface area contributed by atoms with Crippen molar-refractivity contribution < 1.29 is 9.90 Å². The van der Waals surface area contributed by atoms with Crippen LogP contribution in [0, 0.1) is 0 Å². The standard InChI is InChI=1S/C14H26N2O2/c17-12-8-13-7-3-6-11-16(13)14(18)15-9-4-1-2-5-10-15/h13,17H,1-12H2. The average molecular weight is 254 g/mol. The van der Waals surface area contributed by atoms with Crippen molar-refractivity contribution in [2.24, 2.45) is 0 Å². The van der Waals surface area contributed by atoms with Crippen LogP contribution < -0.4 is 0 Å². The van der Waals surface area contributed by atoms with Crippen LogP contribution in [0.4, 0.5) is 4.79 Å². The van der Waals surface area contributed by atoms with E-state index in [4.69, 9.17) is 5.11 Å².